The van der Waals surface area contributed by atoms with Crippen LogP contribution in [-0.4, -0.2) is 15.5 Å². The number of aromatic nitrogens is 2. The molecule has 2 aromatic rings. The van der Waals surface area contributed by atoms with E-state index in [0.29, 0.717) is 17.2 Å². The van der Waals surface area contributed by atoms with E-state index in [1.807, 2.05) is 10.6 Å². The number of imidazole rings is 1. The topological polar surface area (TPSA) is 49.8 Å². The van der Waals surface area contributed by atoms with Gasteiger partial charge in [-0.3, -0.25) is 9.36 Å². The maximum absolute atomic E-state index is 11.8. The molecule has 1 fully saturated rings. The molecule has 0 unspecified atom stereocenters. The molecule has 1 aliphatic heterocycles. The number of hydrogen-bond acceptors (Lipinski definition) is 2. The fourth-order valence-corrected chi connectivity index (χ4v) is 3.11. The SMILES string of the molecule is Cc1cc2c(cc1-n1cc(C3CC3)[nH]c1=S)C(=O)NC2. The van der Waals surface area contributed by atoms with Crippen LogP contribution in [0.2, 0.25) is 0 Å². The number of carbonyl (C=O) groups excluding carboxylic acids is 1. The zero-order valence-corrected chi connectivity index (χ0v) is 12.0. The molecule has 1 aromatic carbocycles. The smallest absolute Gasteiger partial charge is 0.251 e. The Kier molecular flexibility index (Phi) is 2.41. The van der Waals surface area contributed by atoms with E-state index in [-0.39, 0.29) is 5.91 Å². The summed E-state index contributed by atoms with van der Waals surface area (Å²) >= 11 is 5.43. The van der Waals surface area contributed by atoms with Gasteiger partial charge in [-0.1, -0.05) is 6.07 Å². The fraction of sp³-hybridized carbons (Fsp3) is 0.333. The molecule has 0 atom stereocenters. The fourth-order valence-electron chi connectivity index (χ4n) is 2.84. The van der Waals surface area contributed by atoms with Gasteiger partial charge in [-0.15, -0.1) is 0 Å². The van der Waals surface area contributed by atoms with Crippen molar-refractivity contribution in [1.29, 1.82) is 0 Å². The Hall–Kier alpha value is -1.88. The summed E-state index contributed by atoms with van der Waals surface area (Å²) in [6.45, 7) is 2.69. The van der Waals surface area contributed by atoms with E-state index in [1.165, 1.54) is 18.5 Å². The van der Waals surface area contributed by atoms with Gasteiger partial charge in [-0.25, -0.2) is 0 Å². The lowest BCUT2D eigenvalue weighted by molar-refractivity contribution is 0.0965. The average molecular weight is 285 g/mol. The van der Waals surface area contributed by atoms with Gasteiger partial charge in [0.1, 0.15) is 0 Å². The molecule has 1 amide bonds. The average Bonchev–Trinajstić information content (AvgIpc) is 3.12. The number of benzene rings is 1. The van der Waals surface area contributed by atoms with Crippen LogP contribution in [0.1, 0.15) is 45.9 Å². The molecule has 1 saturated carbocycles. The third-order valence-corrected chi connectivity index (χ3v) is 4.42. The molecule has 0 saturated heterocycles. The molecule has 4 nitrogen and oxygen atoms in total. The zero-order valence-electron chi connectivity index (χ0n) is 11.2. The van der Waals surface area contributed by atoms with Gasteiger partial charge in [-0.05, 0) is 49.2 Å². The Morgan fingerprint density at radius 1 is 1.35 bits per heavy atom. The summed E-state index contributed by atoms with van der Waals surface area (Å²) in [5.41, 5.74) is 5.17. The maximum atomic E-state index is 11.8. The Bertz CT molecular complexity index is 783. The Morgan fingerprint density at radius 3 is 2.90 bits per heavy atom. The second-order valence-corrected chi connectivity index (χ2v) is 6.02. The number of amides is 1. The molecule has 2 N–H and O–H groups in total. The zero-order chi connectivity index (χ0) is 13.9. The summed E-state index contributed by atoms with van der Waals surface area (Å²) in [6, 6.07) is 4.03. The summed E-state index contributed by atoms with van der Waals surface area (Å²) in [5.74, 6) is 0.640. The van der Waals surface area contributed by atoms with E-state index in [4.69, 9.17) is 12.2 Å². The van der Waals surface area contributed by atoms with Crippen molar-refractivity contribution < 1.29 is 4.79 Å². The number of nitrogens with one attached hydrogen (secondary N) is 2. The van der Waals surface area contributed by atoms with Crippen LogP contribution in [0.15, 0.2) is 18.3 Å². The minimum Gasteiger partial charge on any atom is -0.348 e. The number of hydrogen-bond donors (Lipinski definition) is 2. The van der Waals surface area contributed by atoms with Crippen LogP contribution in [0.4, 0.5) is 0 Å². The summed E-state index contributed by atoms with van der Waals surface area (Å²) in [5, 5.41) is 2.86. The highest BCUT2D eigenvalue weighted by atomic mass is 32.1. The number of rotatable bonds is 2. The van der Waals surface area contributed by atoms with Crippen LogP contribution < -0.4 is 5.32 Å². The van der Waals surface area contributed by atoms with Crippen molar-refractivity contribution in [2.75, 3.05) is 0 Å². The van der Waals surface area contributed by atoms with Gasteiger partial charge in [-0.2, -0.15) is 0 Å². The first kappa shape index (κ1) is 11.9. The highest BCUT2D eigenvalue weighted by molar-refractivity contribution is 7.71. The summed E-state index contributed by atoms with van der Waals surface area (Å²) in [7, 11) is 0. The lowest BCUT2D eigenvalue weighted by Crippen LogP contribution is -2.12. The first-order valence-corrected chi connectivity index (χ1v) is 7.28. The molecule has 0 bridgehead atoms. The minimum atomic E-state index is 0.00530. The summed E-state index contributed by atoms with van der Waals surface area (Å²) in [6.07, 6.45) is 4.56. The van der Waals surface area contributed by atoms with Crippen LogP contribution in [0.25, 0.3) is 5.69 Å². The highest BCUT2D eigenvalue weighted by Gasteiger charge is 2.26. The molecule has 4 rings (SSSR count). The van der Waals surface area contributed by atoms with Gasteiger partial charge < -0.3 is 10.3 Å². The first-order valence-electron chi connectivity index (χ1n) is 6.87. The number of H-pyrrole nitrogens is 1. The third-order valence-electron chi connectivity index (χ3n) is 4.12. The monoisotopic (exact) mass is 285 g/mol. The van der Waals surface area contributed by atoms with Crippen LogP contribution in [0.3, 0.4) is 0 Å². The van der Waals surface area contributed by atoms with E-state index < -0.39 is 0 Å². The number of nitrogens with zero attached hydrogens (tertiary/aromatic N) is 1. The number of fused-ring (bicyclic) bond motifs is 1. The van der Waals surface area contributed by atoms with Crippen molar-refractivity contribution in [2.45, 2.75) is 32.2 Å². The Labute approximate surface area is 121 Å². The quantitative estimate of drug-likeness (QED) is 0.833. The Morgan fingerprint density at radius 2 is 2.15 bits per heavy atom. The summed E-state index contributed by atoms with van der Waals surface area (Å²) < 4.78 is 2.69. The highest BCUT2D eigenvalue weighted by Crippen LogP contribution is 2.39. The molecule has 102 valence electrons. The predicted octanol–water partition coefficient (Wildman–Crippen LogP) is 2.96. The van der Waals surface area contributed by atoms with Crippen molar-refractivity contribution >= 4 is 18.1 Å². The van der Waals surface area contributed by atoms with Crippen molar-refractivity contribution in [3.63, 3.8) is 0 Å². The van der Waals surface area contributed by atoms with Gasteiger partial charge in [0.2, 0.25) is 0 Å². The van der Waals surface area contributed by atoms with Gasteiger partial charge in [0.25, 0.3) is 5.91 Å². The number of aryl methyl sites for hydroxylation is 1. The van der Waals surface area contributed by atoms with E-state index in [0.717, 1.165) is 22.4 Å². The van der Waals surface area contributed by atoms with Crippen LogP contribution >= 0.6 is 12.2 Å². The van der Waals surface area contributed by atoms with Gasteiger partial charge in [0, 0.05) is 29.9 Å². The molecule has 20 heavy (non-hydrogen) atoms. The van der Waals surface area contributed by atoms with Crippen molar-refractivity contribution in [2.24, 2.45) is 0 Å². The molecule has 1 aromatic heterocycles. The molecule has 1 aliphatic carbocycles. The van der Waals surface area contributed by atoms with E-state index in [2.05, 4.69) is 29.5 Å². The van der Waals surface area contributed by atoms with Gasteiger partial charge in [0.05, 0.1) is 5.69 Å². The lowest BCUT2D eigenvalue weighted by Gasteiger charge is -2.09. The number of carbonyl (C=O) groups is 1. The molecule has 5 heteroatoms. The van der Waals surface area contributed by atoms with Crippen LogP contribution in [0, 0.1) is 11.7 Å². The van der Waals surface area contributed by atoms with Crippen molar-refractivity contribution in [1.82, 2.24) is 14.9 Å². The van der Waals surface area contributed by atoms with Gasteiger partial charge >= 0.3 is 0 Å². The molecule has 2 heterocycles. The summed E-state index contributed by atoms with van der Waals surface area (Å²) in [4.78, 5) is 15.1. The largest absolute Gasteiger partial charge is 0.348 e. The van der Waals surface area contributed by atoms with Crippen LogP contribution in [-0.2, 0) is 6.54 Å². The standard InChI is InChI=1S/C15H15N3OS/c1-8-4-10-6-16-14(19)11(10)5-13(8)18-7-12(9-2-3-9)17-15(18)20/h4-5,7,9H,2-3,6H2,1H3,(H,16,19)(H,17,20). The molecule has 0 radical (unpaired) electrons. The van der Waals surface area contributed by atoms with E-state index in [9.17, 15) is 4.79 Å². The third kappa shape index (κ3) is 1.73. The molecular weight excluding hydrogens is 270 g/mol. The second-order valence-electron chi connectivity index (χ2n) is 5.64. The maximum Gasteiger partial charge on any atom is 0.251 e. The normalized spacial score (nSPS) is 17.1. The molecule has 2 aliphatic rings. The predicted molar refractivity (Wildman–Crippen MR) is 78.8 cm³/mol. The van der Waals surface area contributed by atoms with E-state index >= 15 is 0 Å². The number of aromatic amines is 1. The molecular formula is C15H15N3OS. The van der Waals surface area contributed by atoms with E-state index in [1.54, 1.807) is 0 Å². The van der Waals surface area contributed by atoms with Crippen molar-refractivity contribution in [3.05, 3.63) is 45.5 Å². The first-order chi connectivity index (χ1) is 9.63. The molecule has 0 spiro atoms. The van der Waals surface area contributed by atoms with Crippen molar-refractivity contribution in [3.8, 4) is 5.69 Å². The van der Waals surface area contributed by atoms with Gasteiger partial charge in [0.15, 0.2) is 4.77 Å². The minimum absolute atomic E-state index is 0.00530. The lowest BCUT2D eigenvalue weighted by atomic mass is 10.0. The Balaban J connectivity index is 1.88. The van der Waals surface area contributed by atoms with Crippen LogP contribution in [0.5, 0.6) is 0 Å². The second kappa shape index (κ2) is 4.06.